The van der Waals surface area contributed by atoms with E-state index >= 15 is 0 Å². The average molecular weight is 441 g/mol. The highest BCUT2D eigenvalue weighted by Gasteiger charge is 2.31. The molecular weight excluding hydrogens is 414 g/mol. The van der Waals surface area contributed by atoms with Crippen LogP contribution in [0.15, 0.2) is 24.4 Å². The fourth-order valence-corrected chi connectivity index (χ4v) is 3.62. The summed E-state index contributed by atoms with van der Waals surface area (Å²) in [5.74, 6) is 0.919. The summed E-state index contributed by atoms with van der Waals surface area (Å²) >= 11 is 0. The van der Waals surface area contributed by atoms with Gasteiger partial charge < -0.3 is 19.5 Å². The third-order valence-corrected chi connectivity index (χ3v) is 5.22. The number of methoxy groups -OCH3 is 1. The summed E-state index contributed by atoms with van der Waals surface area (Å²) in [5.41, 5.74) is 2.87. The van der Waals surface area contributed by atoms with E-state index in [1.165, 1.54) is 4.68 Å². The molecule has 0 bridgehead atoms. The van der Waals surface area contributed by atoms with Gasteiger partial charge in [-0.1, -0.05) is 13.8 Å². The van der Waals surface area contributed by atoms with Crippen LogP contribution in [0.4, 0.5) is 5.82 Å². The molecule has 32 heavy (non-hydrogen) atoms. The third kappa shape index (κ3) is 4.78. The molecule has 2 atom stereocenters. The van der Waals surface area contributed by atoms with Crippen LogP contribution in [0.5, 0.6) is 5.88 Å². The number of aryl methyl sites for hydroxylation is 1. The van der Waals surface area contributed by atoms with Crippen molar-refractivity contribution < 1.29 is 19.0 Å². The zero-order valence-electron chi connectivity index (χ0n) is 18.5. The molecule has 1 fully saturated rings. The monoisotopic (exact) mass is 441 g/mol. The number of nitrogens with zero attached hydrogens (tertiary/aromatic N) is 5. The molecule has 0 radical (unpaired) electrons. The molecule has 3 aromatic heterocycles. The molecule has 11 nitrogen and oxygen atoms in total. The van der Waals surface area contributed by atoms with Gasteiger partial charge in [0.25, 0.3) is 5.91 Å². The summed E-state index contributed by atoms with van der Waals surface area (Å²) in [6.07, 6.45) is 1.93. The smallest absolute Gasteiger partial charge is 0.275 e. The summed E-state index contributed by atoms with van der Waals surface area (Å²) in [5, 5.41) is 22.2. The second kappa shape index (κ2) is 9.45. The first-order valence-electron chi connectivity index (χ1n) is 10.4. The first kappa shape index (κ1) is 21.9. The molecule has 0 aliphatic carbocycles. The van der Waals surface area contributed by atoms with E-state index in [1.54, 1.807) is 32.5 Å². The van der Waals surface area contributed by atoms with Gasteiger partial charge in [-0.05, 0) is 18.1 Å². The quantitative estimate of drug-likeness (QED) is 0.545. The molecule has 4 rings (SSSR count). The van der Waals surface area contributed by atoms with Crippen molar-refractivity contribution >= 4 is 11.7 Å². The topological polar surface area (TPSA) is 129 Å². The van der Waals surface area contributed by atoms with E-state index in [0.29, 0.717) is 42.7 Å². The molecule has 1 amide bonds. The molecule has 0 unspecified atom stereocenters. The number of nitrogens with one attached hydrogen (secondary N) is 2. The van der Waals surface area contributed by atoms with Gasteiger partial charge in [0.1, 0.15) is 17.9 Å². The van der Waals surface area contributed by atoms with Gasteiger partial charge in [-0.25, -0.2) is 0 Å². The van der Waals surface area contributed by atoms with Gasteiger partial charge >= 0.3 is 0 Å². The Bertz CT molecular complexity index is 1080. The number of aromatic nitrogens is 6. The lowest BCUT2D eigenvalue weighted by molar-refractivity contribution is 0.0905. The lowest BCUT2D eigenvalue weighted by atomic mass is 10.1. The highest BCUT2D eigenvalue weighted by molar-refractivity contribution is 6.02. The Morgan fingerprint density at radius 1 is 1.41 bits per heavy atom. The maximum Gasteiger partial charge on any atom is 0.275 e. The molecule has 1 saturated heterocycles. The summed E-state index contributed by atoms with van der Waals surface area (Å²) in [7, 11) is 3.29. The maximum absolute atomic E-state index is 12.6. The first-order chi connectivity index (χ1) is 15.4. The second-order valence-corrected chi connectivity index (χ2v) is 7.98. The SMILES string of the molecule is COCc1cc(C(=O)Nc2cc([C@@H]3C[C@H](Oc4nnccc4C(C)C)CO3)[nH]n2)n(C)n1. The number of carbonyl (C=O) groups excluding carboxylic acids is 1. The number of aromatic amines is 1. The van der Waals surface area contributed by atoms with Crippen molar-refractivity contribution in [3.63, 3.8) is 0 Å². The molecule has 1 aliphatic rings. The number of hydrogen-bond acceptors (Lipinski definition) is 8. The lowest BCUT2D eigenvalue weighted by Crippen LogP contribution is -2.18. The van der Waals surface area contributed by atoms with Crippen LogP contribution >= 0.6 is 0 Å². The second-order valence-electron chi connectivity index (χ2n) is 7.98. The van der Waals surface area contributed by atoms with Crippen molar-refractivity contribution in [2.75, 3.05) is 19.0 Å². The Hall–Kier alpha value is -3.31. The van der Waals surface area contributed by atoms with Crippen LogP contribution in [0.25, 0.3) is 0 Å². The van der Waals surface area contributed by atoms with Crippen LogP contribution in [0, 0.1) is 0 Å². The van der Waals surface area contributed by atoms with Crippen LogP contribution in [0.2, 0.25) is 0 Å². The molecule has 1 aliphatic heterocycles. The van der Waals surface area contributed by atoms with Crippen molar-refractivity contribution in [1.29, 1.82) is 0 Å². The molecule has 11 heteroatoms. The van der Waals surface area contributed by atoms with E-state index in [4.69, 9.17) is 14.2 Å². The third-order valence-electron chi connectivity index (χ3n) is 5.22. The Labute approximate surface area is 185 Å². The first-order valence-corrected chi connectivity index (χ1v) is 10.4. The van der Waals surface area contributed by atoms with E-state index in [-0.39, 0.29) is 24.0 Å². The Kier molecular flexibility index (Phi) is 6.47. The van der Waals surface area contributed by atoms with Crippen molar-refractivity contribution in [2.45, 2.75) is 45.0 Å². The number of ether oxygens (including phenoxy) is 3. The predicted octanol–water partition coefficient (Wildman–Crippen LogP) is 2.36. The Morgan fingerprint density at radius 3 is 3.03 bits per heavy atom. The van der Waals surface area contributed by atoms with Crippen molar-refractivity contribution in [2.24, 2.45) is 7.05 Å². The largest absolute Gasteiger partial charge is 0.471 e. The number of amides is 1. The van der Waals surface area contributed by atoms with Crippen LogP contribution in [0.3, 0.4) is 0 Å². The van der Waals surface area contributed by atoms with Crippen LogP contribution in [0.1, 0.15) is 59.7 Å². The molecular formula is C21H27N7O4. The lowest BCUT2D eigenvalue weighted by Gasteiger charge is -2.15. The van der Waals surface area contributed by atoms with E-state index in [0.717, 1.165) is 11.3 Å². The molecule has 0 saturated carbocycles. The van der Waals surface area contributed by atoms with Crippen molar-refractivity contribution in [1.82, 2.24) is 30.2 Å². The van der Waals surface area contributed by atoms with E-state index < -0.39 is 0 Å². The van der Waals surface area contributed by atoms with Gasteiger partial charge in [0.15, 0.2) is 5.82 Å². The zero-order chi connectivity index (χ0) is 22.7. The Balaban J connectivity index is 1.37. The molecule has 0 spiro atoms. The summed E-state index contributed by atoms with van der Waals surface area (Å²) < 4.78 is 18.5. The number of H-pyrrole nitrogens is 1. The fourth-order valence-electron chi connectivity index (χ4n) is 3.62. The molecule has 0 aromatic carbocycles. The average Bonchev–Trinajstić information content (AvgIpc) is 3.49. The van der Waals surface area contributed by atoms with Gasteiger partial charge in [-0.15, -0.1) is 5.10 Å². The van der Waals surface area contributed by atoms with Crippen LogP contribution < -0.4 is 10.1 Å². The van der Waals surface area contributed by atoms with Gasteiger partial charge in [0.2, 0.25) is 5.88 Å². The van der Waals surface area contributed by atoms with Crippen LogP contribution in [-0.2, 0) is 23.1 Å². The minimum absolute atomic E-state index is 0.149. The number of carbonyl (C=O) groups is 1. The van der Waals surface area contributed by atoms with E-state index in [2.05, 4.69) is 44.7 Å². The minimum Gasteiger partial charge on any atom is -0.471 e. The highest BCUT2D eigenvalue weighted by Crippen LogP contribution is 2.32. The van der Waals surface area contributed by atoms with E-state index in [9.17, 15) is 4.79 Å². The summed E-state index contributed by atoms with van der Waals surface area (Å²) in [4.78, 5) is 12.6. The summed E-state index contributed by atoms with van der Waals surface area (Å²) in [6, 6.07) is 5.37. The van der Waals surface area contributed by atoms with Crippen molar-refractivity contribution in [3.05, 3.63) is 47.0 Å². The normalized spacial score (nSPS) is 18.3. The fraction of sp³-hybridized carbons (Fsp3) is 0.476. The van der Waals surface area contributed by atoms with Gasteiger partial charge in [0, 0.05) is 32.2 Å². The van der Waals surface area contributed by atoms with Crippen LogP contribution in [-0.4, -0.2) is 55.9 Å². The van der Waals surface area contributed by atoms with Gasteiger partial charge in [0.05, 0.1) is 30.8 Å². The maximum atomic E-state index is 12.6. The predicted molar refractivity (Wildman–Crippen MR) is 114 cm³/mol. The zero-order valence-corrected chi connectivity index (χ0v) is 18.5. The molecule has 170 valence electrons. The van der Waals surface area contributed by atoms with E-state index in [1.807, 2.05) is 6.07 Å². The number of anilines is 1. The molecule has 3 aromatic rings. The molecule has 2 N–H and O–H groups in total. The number of rotatable bonds is 8. The standard InChI is InChI=1S/C21H27N7O4/c1-12(2)15-5-6-22-26-21(15)32-14-8-18(31-11-14)16-9-19(25-24-16)23-20(29)17-7-13(10-30-4)27-28(17)3/h5-7,9,12,14,18H,8,10-11H2,1-4H3,(H2,23,24,25,29)/t14-,18-/m0/s1. The number of hydrogen-bond donors (Lipinski definition) is 2. The van der Waals surface area contributed by atoms with Gasteiger partial charge in [-0.3, -0.25) is 14.6 Å². The molecule has 4 heterocycles. The Morgan fingerprint density at radius 2 is 2.25 bits per heavy atom. The highest BCUT2D eigenvalue weighted by atomic mass is 16.6. The summed E-state index contributed by atoms with van der Waals surface area (Å²) in [6.45, 7) is 4.93. The van der Waals surface area contributed by atoms with Gasteiger partial charge in [-0.2, -0.15) is 15.3 Å². The minimum atomic E-state index is -0.308. The van der Waals surface area contributed by atoms with Crippen molar-refractivity contribution in [3.8, 4) is 5.88 Å².